The van der Waals surface area contributed by atoms with E-state index < -0.39 is 11.7 Å². The molecule has 0 amide bonds. The molecule has 0 atom stereocenters. The van der Waals surface area contributed by atoms with E-state index in [0.29, 0.717) is 33.7 Å². The minimum Gasteiger partial charge on any atom is -0.465 e. The summed E-state index contributed by atoms with van der Waals surface area (Å²) in [5, 5.41) is 8.89. The van der Waals surface area contributed by atoms with Crippen LogP contribution in [0.1, 0.15) is 5.76 Å². The number of esters is 1. The number of thioether (sulfide) groups is 1. The summed E-state index contributed by atoms with van der Waals surface area (Å²) in [6, 6.07) is 11.4. The molecular formula is C16H11F2NO3S. The molecule has 0 N–H and O–H groups in total. The van der Waals surface area contributed by atoms with Gasteiger partial charge >= 0.3 is 5.97 Å². The molecule has 4 nitrogen and oxygen atoms in total. The van der Waals surface area contributed by atoms with Crippen LogP contribution in [0.4, 0.5) is 8.78 Å². The number of hydrogen-bond donors (Lipinski definition) is 0. The molecule has 0 saturated heterocycles. The number of rotatable bonds is 5. The highest BCUT2D eigenvalue weighted by Gasteiger charge is 2.11. The molecule has 0 radical (unpaired) electrons. The van der Waals surface area contributed by atoms with Crippen molar-refractivity contribution < 1.29 is 22.7 Å². The van der Waals surface area contributed by atoms with Crippen molar-refractivity contribution in [3.8, 4) is 17.4 Å². The highest BCUT2D eigenvalue weighted by molar-refractivity contribution is 7.99. The lowest BCUT2D eigenvalue weighted by Gasteiger charge is -2.01. The predicted molar refractivity (Wildman–Crippen MR) is 81.6 cm³/mol. The molecule has 0 unspecified atom stereocenters. The molecule has 0 spiro atoms. The fourth-order valence-corrected chi connectivity index (χ4v) is 2.27. The number of benzene rings is 1. The second kappa shape index (κ2) is 7.61. The van der Waals surface area contributed by atoms with Crippen molar-refractivity contribution in [1.82, 2.24) is 0 Å². The second-order valence-electron chi connectivity index (χ2n) is 4.27. The summed E-state index contributed by atoms with van der Waals surface area (Å²) < 4.78 is 34.5. The van der Waals surface area contributed by atoms with Gasteiger partial charge in [0.2, 0.25) is 0 Å². The smallest absolute Gasteiger partial charge is 0.348 e. The molecule has 7 heteroatoms. The summed E-state index contributed by atoms with van der Waals surface area (Å²) in [5.41, 5.74) is 0.511. The first-order chi connectivity index (χ1) is 11.0. The maximum atomic E-state index is 12.3. The Kier molecular flexibility index (Phi) is 5.55. The minimum atomic E-state index is -2.47. The highest BCUT2D eigenvalue weighted by atomic mass is 32.2. The molecule has 23 heavy (non-hydrogen) atoms. The zero-order valence-corrected chi connectivity index (χ0v) is 12.8. The Morgan fingerprint density at radius 2 is 2.00 bits per heavy atom. The van der Waals surface area contributed by atoms with Crippen LogP contribution in [0, 0.1) is 11.3 Å². The third-order valence-electron chi connectivity index (χ3n) is 2.80. The Morgan fingerprint density at radius 3 is 2.57 bits per heavy atom. The number of furan rings is 1. The van der Waals surface area contributed by atoms with E-state index in [0.717, 1.165) is 0 Å². The summed E-state index contributed by atoms with van der Waals surface area (Å²) in [6.07, 6.45) is 1.27. The molecule has 0 saturated carbocycles. The molecule has 0 aliphatic carbocycles. The summed E-state index contributed by atoms with van der Waals surface area (Å²) in [5.74, 6) is -2.41. The van der Waals surface area contributed by atoms with Gasteiger partial charge in [-0.3, -0.25) is 0 Å². The average molecular weight is 335 g/mol. The SMILES string of the molecule is COC(=O)/C(C#N)=C/c1ccc(-c2ccc(SC(F)F)cc2)o1. The van der Waals surface area contributed by atoms with Gasteiger partial charge in [-0.1, -0.05) is 23.9 Å². The Hall–Kier alpha value is -2.59. The van der Waals surface area contributed by atoms with Crippen molar-refractivity contribution in [1.29, 1.82) is 5.26 Å². The van der Waals surface area contributed by atoms with E-state index in [-0.39, 0.29) is 5.57 Å². The summed E-state index contributed by atoms with van der Waals surface area (Å²) >= 11 is 0.464. The van der Waals surface area contributed by atoms with E-state index in [1.165, 1.54) is 13.2 Å². The molecule has 0 aliphatic heterocycles. The van der Waals surface area contributed by atoms with Crippen LogP contribution in [0.15, 0.2) is 51.3 Å². The fourth-order valence-electron chi connectivity index (χ4n) is 1.78. The first-order valence-electron chi connectivity index (χ1n) is 6.38. The zero-order valence-electron chi connectivity index (χ0n) is 12.0. The number of ether oxygens (including phenoxy) is 1. The minimum absolute atomic E-state index is 0.183. The number of carbonyl (C=O) groups excluding carboxylic acids is 1. The van der Waals surface area contributed by atoms with Gasteiger partial charge < -0.3 is 9.15 Å². The molecule has 0 fully saturated rings. The number of methoxy groups -OCH3 is 1. The van der Waals surface area contributed by atoms with Crippen LogP contribution in [-0.4, -0.2) is 18.8 Å². The van der Waals surface area contributed by atoms with Gasteiger partial charge in [0.15, 0.2) is 0 Å². The summed E-state index contributed by atoms with van der Waals surface area (Å²) in [7, 11) is 1.18. The maximum Gasteiger partial charge on any atom is 0.348 e. The molecular weight excluding hydrogens is 324 g/mol. The number of halogens is 2. The van der Waals surface area contributed by atoms with Gasteiger partial charge in [-0.2, -0.15) is 14.0 Å². The van der Waals surface area contributed by atoms with E-state index in [1.807, 2.05) is 0 Å². The monoisotopic (exact) mass is 335 g/mol. The van der Waals surface area contributed by atoms with Crippen molar-refractivity contribution >= 4 is 23.8 Å². The maximum absolute atomic E-state index is 12.3. The first kappa shape index (κ1) is 16.8. The highest BCUT2D eigenvalue weighted by Crippen LogP contribution is 2.29. The van der Waals surface area contributed by atoms with Crippen LogP contribution in [-0.2, 0) is 9.53 Å². The molecule has 1 aromatic carbocycles. The van der Waals surface area contributed by atoms with Crippen molar-refractivity contribution in [3.63, 3.8) is 0 Å². The van der Waals surface area contributed by atoms with Gasteiger partial charge in [-0.15, -0.1) is 0 Å². The second-order valence-corrected chi connectivity index (χ2v) is 5.33. The standard InChI is InChI=1S/C16H11F2NO3S/c1-21-15(20)11(9-19)8-12-4-7-14(22-12)10-2-5-13(6-3-10)23-16(17)18/h2-8,16H,1H3/b11-8+. The third kappa shape index (κ3) is 4.44. The largest absolute Gasteiger partial charge is 0.465 e. The van der Waals surface area contributed by atoms with Gasteiger partial charge in [0.05, 0.1) is 7.11 Å². The fraction of sp³-hybridized carbons (Fsp3) is 0.125. The predicted octanol–water partition coefficient (Wildman–Crippen LogP) is 4.34. The van der Waals surface area contributed by atoms with Crippen molar-refractivity contribution in [2.45, 2.75) is 10.7 Å². The molecule has 2 aromatic rings. The number of nitrogens with zero attached hydrogens (tertiary/aromatic N) is 1. The van der Waals surface area contributed by atoms with E-state index in [1.54, 1.807) is 42.5 Å². The van der Waals surface area contributed by atoms with Crippen LogP contribution >= 0.6 is 11.8 Å². The Morgan fingerprint density at radius 1 is 1.30 bits per heavy atom. The van der Waals surface area contributed by atoms with Crippen molar-refractivity contribution in [2.24, 2.45) is 0 Å². The lowest BCUT2D eigenvalue weighted by molar-refractivity contribution is -0.135. The average Bonchev–Trinajstić information content (AvgIpc) is 3.00. The van der Waals surface area contributed by atoms with Crippen LogP contribution in [0.2, 0.25) is 0 Å². The Bertz CT molecular complexity index is 760. The number of nitriles is 1. The number of hydrogen-bond acceptors (Lipinski definition) is 5. The number of carbonyl (C=O) groups is 1. The first-order valence-corrected chi connectivity index (χ1v) is 7.26. The van der Waals surface area contributed by atoms with Crippen molar-refractivity contribution in [3.05, 3.63) is 47.7 Å². The van der Waals surface area contributed by atoms with E-state index >= 15 is 0 Å². The van der Waals surface area contributed by atoms with Crippen LogP contribution in [0.25, 0.3) is 17.4 Å². The van der Waals surface area contributed by atoms with Gasteiger partial charge in [-0.05, 0) is 24.3 Å². The molecule has 2 rings (SSSR count). The normalized spacial score (nSPS) is 11.3. The number of alkyl halides is 2. The molecule has 1 heterocycles. The van der Waals surface area contributed by atoms with Gasteiger partial charge in [-0.25, -0.2) is 4.79 Å². The van der Waals surface area contributed by atoms with Crippen LogP contribution in [0.5, 0.6) is 0 Å². The molecule has 0 aliphatic rings. The van der Waals surface area contributed by atoms with Crippen LogP contribution < -0.4 is 0 Å². The molecule has 118 valence electrons. The summed E-state index contributed by atoms with van der Waals surface area (Å²) in [4.78, 5) is 11.8. The van der Waals surface area contributed by atoms with Gasteiger partial charge in [0.1, 0.15) is 23.2 Å². The summed E-state index contributed by atoms with van der Waals surface area (Å²) in [6.45, 7) is 0. The van der Waals surface area contributed by atoms with E-state index in [9.17, 15) is 13.6 Å². The van der Waals surface area contributed by atoms with Crippen LogP contribution in [0.3, 0.4) is 0 Å². The van der Waals surface area contributed by atoms with Gasteiger partial charge in [0, 0.05) is 16.5 Å². The zero-order chi connectivity index (χ0) is 16.8. The lowest BCUT2D eigenvalue weighted by atomic mass is 10.2. The van der Waals surface area contributed by atoms with Gasteiger partial charge in [0.25, 0.3) is 5.76 Å². The van der Waals surface area contributed by atoms with E-state index in [4.69, 9.17) is 9.68 Å². The topological polar surface area (TPSA) is 63.2 Å². The van der Waals surface area contributed by atoms with Crippen molar-refractivity contribution in [2.75, 3.05) is 7.11 Å². The lowest BCUT2D eigenvalue weighted by Crippen LogP contribution is -2.02. The third-order valence-corrected chi connectivity index (χ3v) is 3.53. The Balaban J connectivity index is 2.20. The Labute approximate surface area is 135 Å². The van der Waals surface area contributed by atoms with E-state index in [2.05, 4.69) is 4.74 Å². The molecule has 0 bridgehead atoms. The molecule has 1 aromatic heterocycles. The quantitative estimate of drug-likeness (QED) is 0.352.